The summed E-state index contributed by atoms with van der Waals surface area (Å²) in [6.07, 6.45) is 1.40. The Labute approximate surface area is 64.2 Å². The Bertz CT molecular complexity index is 308. The van der Waals surface area contributed by atoms with Crippen LogP contribution in [0.1, 0.15) is 11.3 Å². The second-order valence-corrected chi connectivity index (χ2v) is 1.99. The Hall–Kier alpha value is -1.82. The summed E-state index contributed by atoms with van der Waals surface area (Å²) in [5.74, 6) is -0.0398. The molecular weight excluding hydrogens is 140 g/mol. The van der Waals surface area contributed by atoms with E-state index in [0.29, 0.717) is 11.3 Å². The van der Waals surface area contributed by atoms with E-state index >= 15 is 0 Å². The lowest BCUT2D eigenvalue weighted by atomic mass is 10.2. The molecule has 1 rings (SSSR count). The van der Waals surface area contributed by atoms with Crippen LogP contribution in [0.2, 0.25) is 0 Å². The molecule has 0 aromatic carbocycles. The molecule has 0 bridgehead atoms. The Balaban J connectivity index is 3.03. The van der Waals surface area contributed by atoms with Gasteiger partial charge >= 0.3 is 0 Å². The fraction of sp³-hybridized carbons (Fsp3) is 0. The zero-order valence-corrected chi connectivity index (χ0v) is 5.78. The van der Waals surface area contributed by atoms with Crippen molar-refractivity contribution in [1.29, 1.82) is 5.26 Å². The minimum absolute atomic E-state index is 0.0398. The first kappa shape index (κ1) is 7.29. The summed E-state index contributed by atoms with van der Waals surface area (Å²) in [6, 6.07) is 4.99. The normalized spacial score (nSPS) is 8.64. The van der Waals surface area contributed by atoms with Gasteiger partial charge in [0.05, 0.1) is 0 Å². The molecule has 3 nitrogen and oxygen atoms in total. The quantitative estimate of drug-likeness (QED) is 0.610. The summed E-state index contributed by atoms with van der Waals surface area (Å²) in [7, 11) is 0. The van der Waals surface area contributed by atoms with E-state index < -0.39 is 0 Å². The molecule has 1 aromatic rings. The fourth-order valence-electron chi connectivity index (χ4n) is 0.631. The second kappa shape index (κ2) is 2.84. The molecule has 0 aliphatic rings. The van der Waals surface area contributed by atoms with E-state index in [-0.39, 0.29) is 5.76 Å². The van der Waals surface area contributed by atoms with E-state index in [1.54, 1.807) is 6.07 Å². The molecule has 0 unspecified atom stereocenters. The summed E-state index contributed by atoms with van der Waals surface area (Å²) < 4.78 is 0. The first-order chi connectivity index (χ1) is 5.24. The summed E-state index contributed by atoms with van der Waals surface area (Å²) in [4.78, 5) is 3.74. The van der Waals surface area contributed by atoms with Crippen molar-refractivity contribution in [3.63, 3.8) is 0 Å². The van der Waals surface area contributed by atoms with E-state index in [9.17, 15) is 0 Å². The van der Waals surface area contributed by atoms with Gasteiger partial charge in [-0.25, -0.2) is 4.98 Å². The third kappa shape index (κ3) is 1.55. The Kier molecular flexibility index (Phi) is 1.88. The Morgan fingerprint density at radius 1 is 1.64 bits per heavy atom. The predicted molar refractivity (Wildman–Crippen MR) is 40.6 cm³/mol. The van der Waals surface area contributed by atoms with Crippen LogP contribution in [0.5, 0.6) is 0 Å². The number of nitrogens with zero attached hydrogens (tertiary/aromatic N) is 2. The van der Waals surface area contributed by atoms with Crippen molar-refractivity contribution in [2.75, 3.05) is 0 Å². The number of aromatic nitrogens is 1. The molecule has 1 heterocycles. The number of nitriles is 1. The lowest BCUT2D eigenvalue weighted by Crippen LogP contribution is -1.85. The van der Waals surface area contributed by atoms with E-state index in [1.165, 1.54) is 12.3 Å². The highest BCUT2D eigenvalue weighted by Gasteiger charge is 1.95. The summed E-state index contributed by atoms with van der Waals surface area (Å²) in [5, 5.41) is 17.2. The van der Waals surface area contributed by atoms with Crippen LogP contribution in [0.15, 0.2) is 24.9 Å². The smallest absolute Gasteiger partial charge is 0.140 e. The van der Waals surface area contributed by atoms with Crippen LogP contribution < -0.4 is 0 Å². The number of aliphatic hydroxyl groups is 1. The maximum atomic E-state index is 8.87. The average molecular weight is 146 g/mol. The maximum absolute atomic E-state index is 8.87. The summed E-state index contributed by atoms with van der Waals surface area (Å²) in [6.45, 7) is 3.31. The predicted octanol–water partition coefficient (Wildman–Crippen LogP) is 1.48. The molecule has 1 N–H and O–H groups in total. The molecule has 0 spiro atoms. The topological polar surface area (TPSA) is 56.9 Å². The van der Waals surface area contributed by atoms with E-state index in [0.717, 1.165) is 0 Å². The van der Waals surface area contributed by atoms with Crippen molar-refractivity contribution in [3.8, 4) is 6.07 Å². The van der Waals surface area contributed by atoms with Crippen molar-refractivity contribution in [2.24, 2.45) is 0 Å². The van der Waals surface area contributed by atoms with Crippen molar-refractivity contribution in [1.82, 2.24) is 4.98 Å². The van der Waals surface area contributed by atoms with Gasteiger partial charge in [-0.15, -0.1) is 0 Å². The third-order valence-corrected chi connectivity index (χ3v) is 1.21. The van der Waals surface area contributed by atoms with Crippen molar-refractivity contribution in [3.05, 3.63) is 36.2 Å². The lowest BCUT2D eigenvalue weighted by Gasteiger charge is -1.95. The second-order valence-electron chi connectivity index (χ2n) is 1.99. The molecule has 1 aromatic heterocycles. The van der Waals surface area contributed by atoms with Gasteiger partial charge < -0.3 is 5.11 Å². The lowest BCUT2D eigenvalue weighted by molar-refractivity contribution is 0.513. The monoisotopic (exact) mass is 146 g/mol. The molecule has 0 saturated heterocycles. The van der Waals surface area contributed by atoms with Gasteiger partial charge in [0.15, 0.2) is 0 Å². The minimum Gasteiger partial charge on any atom is -0.508 e. The molecule has 0 atom stereocenters. The third-order valence-electron chi connectivity index (χ3n) is 1.21. The molecule has 0 radical (unpaired) electrons. The fourth-order valence-corrected chi connectivity index (χ4v) is 0.631. The van der Waals surface area contributed by atoms with E-state index in [4.69, 9.17) is 10.4 Å². The highest BCUT2D eigenvalue weighted by Crippen LogP contribution is 2.06. The van der Waals surface area contributed by atoms with Crippen LogP contribution >= 0.6 is 0 Å². The number of rotatable bonds is 1. The van der Waals surface area contributed by atoms with Crippen molar-refractivity contribution >= 4 is 5.76 Å². The number of hydrogen-bond donors (Lipinski definition) is 1. The first-order valence-electron chi connectivity index (χ1n) is 2.98. The number of pyridine rings is 1. The highest BCUT2D eigenvalue weighted by molar-refractivity contribution is 5.54. The molecular formula is C8H6N2O. The Morgan fingerprint density at radius 2 is 2.36 bits per heavy atom. The summed E-state index contributed by atoms with van der Waals surface area (Å²) in [5.41, 5.74) is 0.860. The molecule has 11 heavy (non-hydrogen) atoms. The molecule has 0 fully saturated rings. The number of aliphatic hydroxyl groups excluding tert-OH is 1. The van der Waals surface area contributed by atoms with Gasteiger partial charge in [-0.1, -0.05) is 6.58 Å². The van der Waals surface area contributed by atoms with E-state index in [2.05, 4.69) is 11.6 Å². The standard InChI is InChI=1S/C8H6N2O/c1-6(11)7-2-3-8(4-9)10-5-7/h2-3,5,11H,1H2. The van der Waals surface area contributed by atoms with Crippen molar-refractivity contribution in [2.45, 2.75) is 0 Å². The van der Waals surface area contributed by atoms with Gasteiger partial charge in [-0.3, -0.25) is 0 Å². The van der Waals surface area contributed by atoms with Crippen LogP contribution in [0, 0.1) is 11.3 Å². The molecule has 0 aliphatic carbocycles. The van der Waals surface area contributed by atoms with Crippen LogP contribution in [-0.4, -0.2) is 10.1 Å². The Morgan fingerprint density at radius 3 is 2.73 bits per heavy atom. The average Bonchev–Trinajstić information content (AvgIpc) is 2.05. The van der Waals surface area contributed by atoms with Gasteiger partial charge in [0.2, 0.25) is 0 Å². The van der Waals surface area contributed by atoms with Crippen LogP contribution in [-0.2, 0) is 0 Å². The SMILES string of the molecule is C=C(O)c1ccc(C#N)nc1. The van der Waals surface area contributed by atoms with Crippen LogP contribution in [0.3, 0.4) is 0 Å². The molecule has 0 amide bonds. The van der Waals surface area contributed by atoms with Crippen LogP contribution in [0.25, 0.3) is 5.76 Å². The first-order valence-corrected chi connectivity index (χ1v) is 2.98. The molecule has 54 valence electrons. The zero-order chi connectivity index (χ0) is 8.27. The molecule has 0 saturated carbocycles. The van der Waals surface area contributed by atoms with Crippen molar-refractivity contribution < 1.29 is 5.11 Å². The minimum atomic E-state index is -0.0398. The van der Waals surface area contributed by atoms with Gasteiger partial charge in [-0.05, 0) is 12.1 Å². The maximum Gasteiger partial charge on any atom is 0.140 e. The number of hydrogen-bond acceptors (Lipinski definition) is 3. The molecule has 3 heteroatoms. The van der Waals surface area contributed by atoms with Gasteiger partial charge in [0.25, 0.3) is 0 Å². The van der Waals surface area contributed by atoms with Gasteiger partial charge in [0.1, 0.15) is 17.5 Å². The summed E-state index contributed by atoms with van der Waals surface area (Å²) >= 11 is 0. The zero-order valence-electron chi connectivity index (χ0n) is 5.78. The largest absolute Gasteiger partial charge is 0.508 e. The van der Waals surface area contributed by atoms with Gasteiger partial charge in [0, 0.05) is 11.8 Å². The van der Waals surface area contributed by atoms with E-state index in [1.807, 2.05) is 6.07 Å². The molecule has 0 aliphatic heterocycles. The van der Waals surface area contributed by atoms with Crippen LogP contribution in [0.4, 0.5) is 0 Å². The highest BCUT2D eigenvalue weighted by atomic mass is 16.3. The van der Waals surface area contributed by atoms with Gasteiger partial charge in [-0.2, -0.15) is 5.26 Å².